The molecule has 4 aromatic rings. The highest BCUT2D eigenvalue weighted by Crippen LogP contribution is 2.29. The average Bonchev–Trinajstić information content (AvgIpc) is 3.06. The van der Waals surface area contributed by atoms with Crippen LogP contribution in [0.3, 0.4) is 0 Å². The quantitative estimate of drug-likeness (QED) is 0.496. The van der Waals surface area contributed by atoms with E-state index in [1.54, 1.807) is 0 Å². The molecule has 3 N–H and O–H groups in total. The van der Waals surface area contributed by atoms with E-state index in [-0.39, 0.29) is 5.54 Å². The number of anilines is 3. The van der Waals surface area contributed by atoms with Gasteiger partial charge in [0.25, 0.3) is 0 Å². The third-order valence-electron chi connectivity index (χ3n) is 4.41. The zero-order chi connectivity index (χ0) is 19.0. The number of nitrogen functional groups attached to an aromatic ring is 1. The number of nitrogens with two attached hydrogens (primary N) is 1. The first-order valence-electron chi connectivity index (χ1n) is 8.99. The van der Waals surface area contributed by atoms with Crippen LogP contribution in [-0.2, 0) is 5.54 Å². The van der Waals surface area contributed by atoms with Crippen molar-refractivity contribution in [3.63, 3.8) is 0 Å². The molecule has 0 fully saturated rings. The molecule has 0 saturated heterocycles. The lowest BCUT2D eigenvalue weighted by Crippen LogP contribution is -2.24. The van der Waals surface area contributed by atoms with E-state index in [4.69, 9.17) is 15.8 Å². The minimum atomic E-state index is -0.175. The standard InChI is InChI=1S/C22H23N5/c1-22(2,3)27-21(14-19(26-27)16-8-11-17(23)12-9-16)25-20-13-10-15-6-4-5-7-18(15)24-20/h4-14H,23H2,1-3H3,(H,24,25). The Morgan fingerprint density at radius 1 is 0.926 bits per heavy atom. The molecule has 0 aliphatic heterocycles. The van der Waals surface area contributed by atoms with Crippen LogP contribution in [0.4, 0.5) is 17.3 Å². The van der Waals surface area contributed by atoms with Gasteiger partial charge in [-0.2, -0.15) is 5.10 Å². The van der Waals surface area contributed by atoms with Crippen molar-refractivity contribution in [2.75, 3.05) is 11.1 Å². The topological polar surface area (TPSA) is 68.8 Å². The summed E-state index contributed by atoms with van der Waals surface area (Å²) in [5.41, 5.74) is 9.27. The zero-order valence-corrected chi connectivity index (χ0v) is 15.8. The second kappa shape index (κ2) is 6.43. The zero-order valence-electron chi connectivity index (χ0n) is 15.8. The average molecular weight is 357 g/mol. The SMILES string of the molecule is CC(C)(C)n1nc(-c2ccc(N)cc2)cc1Nc1ccc2ccccc2n1. The van der Waals surface area contributed by atoms with Crippen molar-refractivity contribution in [3.8, 4) is 11.3 Å². The van der Waals surface area contributed by atoms with Gasteiger partial charge in [0.15, 0.2) is 0 Å². The molecule has 136 valence electrons. The number of benzene rings is 2. The maximum absolute atomic E-state index is 5.81. The number of aromatic nitrogens is 3. The van der Waals surface area contributed by atoms with Crippen molar-refractivity contribution in [1.82, 2.24) is 14.8 Å². The summed E-state index contributed by atoms with van der Waals surface area (Å²) in [5, 5.41) is 9.38. The molecule has 2 heterocycles. The number of nitrogens with one attached hydrogen (secondary N) is 1. The third-order valence-corrected chi connectivity index (χ3v) is 4.41. The summed E-state index contributed by atoms with van der Waals surface area (Å²) in [4.78, 5) is 4.72. The number of nitrogens with zero attached hydrogens (tertiary/aromatic N) is 3. The summed E-state index contributed by atoms with van der Waals surface area (Å²) in [6.45, 7) is 6.39. The van der Waals surface area contributed by atoms with Crippen LogP contribution in [0.2, 0.25) is 0 Å². The van der Waals surface area contributed by atoms with Crippen LogP contribution in [-0.4, -0.2) is 14.8 Å². The van der Waals surface area contributed by atoms with Crippen LogP contribution in [0.15, 0.2) is 66.7 Å². The second-order valence-corrected chi connectivity index (χ2v) is 7.63. The minimum Gasteiger partial charge on any atom is -0.399 e. The van der Waals surface area contributed by atoms with Crippen molar-refractivity contribution in [2.45, 2.75) is 26.3 Å². The first-order valence-corrected chi connectivity index (χ1v) is 8.99. The summed E-state index contributed by atoms with van der Waals surface area (Å²) >= 11 is 0. The molecule has 0 saturated carbocycles. The van der Waals surface area contributed by atoms with Crippen molar-refractivity contribution < 1.29 is 0 Å². The van der Waals surface area contributed by atoms with Crippen molar-refractivity contribution in [2.24, 2.45) is 0 Å². The minimum absolute atomic E-state index is 0.175. The molecule has 0 aliphatic carbocycles. The first-order chi connectivity index (χ1) is 12.9. The van der Waals surface area contributed by atoms with Crippen LogP contribution < -0.4 is 11.1 Å². The normalized spacial score (nSPS) is 11.7. The second-order valence-electron chi connectivity index (χ2n) is 7.63. The van der Waals surface area contributed by atoms with Crippen molar-refractivity contribution in [1.29, 1.82) is 0 Å². The molecule has 0 amide bonds. The maximum Gasteiger partial charge on any atom is 0.132 e. The van der Waals surface area contributed by atoms with Gasteiger partial charge in [-0.25, -0.2) is 9.67 Å². The van der Waals surface area contributed by atoms with Gasteiger partial charge in [-0.1, -0.05) is 30.3 Å². The molecule has 5 nitrogen and oxygen atoms in total. The van der Waals surface area contributed by atoms with Gasteiger partial charge >= 0.3 is 0 Å². The van der Waals surface area contributed by atoms with Gasteiger partial charge < -0.3 is 11.1 Å². The van der Waals surface area contributed by atoms with E-state index in [9.17, 15) is 0 Å². The molecule has 5 heteroatoms. The Morgan fingerprint density at radius 2 is 1.67 bits per heavy atom. The van der Waals surface area contributed by atoms with Crippen LogP contribution in [0.1, 0.15) is 20.8 Å². The highest BCUT2D eigenvalue weighted by Gasteiger charge is 2.20. The fraction of sp³-hybridized carbons (Fsp3) is 0.182. The molecule has 2 aromatic heterocycles. The fourth-order valence-corrected chi connectivity index (χ4v) is 3.04. The summed E-state index contributed by atoms with van der Waals surface area (Å²) < 4.78 is 2.00. The number of fused-ring (bicyclic) bond motifs is 1. The Kier molecular flexibility index (Phi) is 4.07. The van der Waals surface area contributed by atoms with Crippen LogP contribution >= 0.6 is 0 Å². The Morgan fingerprint density at radius 3 is 2.41 bits per heavy atom. The Hall–Kier alpha value is -3.34. The van der Waals surface area contributed by atoms with E-state index < -0.39 is 0 Å². The summed E-state index contributed by atoms with van der Waals surface area (Å²) in [7, 11) is 0. The van der Waals surface area contributed by atoms with Gasteiger partial charge in [0.05, 0.1) is 16.7 Å². The van der Waals surface area contributed by atoms with Gasteiger partial charge in [-0.15, -0.1) is 0 Å². The molecule has 4 rings (SSSR count). The number of para-hydroxylation sites is 1. The van der Waals surface area contributed by atoms with E-state index in [1.165, 1.54) is 0 Å². The lowest BCUT2D eigenvalue weighted by atomic mass is 10.1. The molecule has 27 heavy (non-hydrogen) atoms. The summed E-state index contributed by atoms with van der Waals surface area (Å²) in [6, 6.07) is 22.0. The number of hydrogen-bond acceptors (Lipinski definition) is 4. The fourth-order valence-electron chi connectivity index (χ4n) is 3.04. The van der Waals surface area contributed by atoms with E-state index in [0.29, 0.717) is 0 Å². The third kappa shape index (κ3) is 3.49. The first kappa shape index (κ1) is 17.1. The monoisotopic (exact) mass is 357 g/mol. The highest BCUT2D eigenvalue weighted by atomic mass is 15.4. The van der Waals surface area contributed by atoms with E-state index in [1.807, 2.05) is 59.3 Å². The largest absolute Gasteiger partial charge is 0.399 e. The smallest absolute Gasteiger partial charge is 0.132 e. The summed E-state index contributed by atoms with van der Waals surface area (Å²) in [6.07, 6.45) is 0. The molecule has 0 radical (unpaired) electrons. The Bertz CT molecular complexity index is 1090. The molecule has 0 spiro atoms. The lowest BCUT2D eigenvalue weighted by Gasteiger charge is -2.22. The van der Waals surface area contributed by atoms with Gasteiger partial charge in [0, 0.05) is 22.7 Å². The Labute approximate surface area is 158 Å². The van der Waals surface area contributed by atoms with Gasteiger partial charge in [-0.05, 0) is 51.1 Å². The molecule has 0 bridgehead atoms. The van der Waals surface area contributed by atoms with E-state index in [2.05, 4.69) is 38.2 Å². The van der Waals surface area contributed by atoms with Crippen molar-refractivity contribution >= 4 is 28.2 Å². The van der Waals surface area contributed by atoms with E-state index in [0.717, 1.165) is 39.5 Å². The van der Waals surface area contributed by atoms with Crippen LogP contribution in [0.25, 0.3) is 22.2 Å². The van der Waals surface area contributed by atoms with Gasteiger partial charge in [-0.3, -0.25) is 0 Å². The lowest BCUT2D eigenvalue weighted by molar-refractivity contribution is 0.362. The van der Waals surface area contributed by atoms with Crippen LogP contribution in [0, 0.1) is 0 Å². The maximum atomic E-state index is 5.81. The number of pyridine rings is 1. The van der Waals surface area contributed by atoms with Crippen LogP contribution in [0.5, 0.6) is 0 Å². The molecular weight excluding hydrogens is 334 g/mol. The Balaban J connectivity index is 1.74. The van der Waals surface area contributed by atoms with Gasteiger partial charge in [0.1, 0.15) is 11.6 Å². The molecule has 0 atom stereocenters. The predicted octanol–water partition coefficient (Wildman–Crippen LogP) is 5.18. The molecular formula is C22H23N5. The summed E-state index contributed by atoms with van der Waals surface area (Å²) in [5.74, 6) is 1.69. The molecule has 0 unspecified atom stereocenters. The number of hydrogen-bond donors (Lipinski definition) is 2. The number of rotatable bonds is 3. The molecule has 2 aromatic carbocycles. The van der Waals surface area contributed by atoms with Crippen molar-refractivity contribution in [3.05, 3.63) is 66.7 Å². The predicted molar refractivity (Wildman–Crippen MR) is 112 cm³/mol. The van der Waals surface area contributed by atoms with Gasteiger partial charge in [0.2, 0.25) is 0 Å². The molecule has 0 aliphatic rings. The highest BCUT2D eigenvalue weighted by molar-refractivity contribution is 5.80. The van der Waals surface area contributed by atoms with E-state index >= 15 is 0 Å².